The van der Waals surface area contributed by atoms with E-state index in [2.05, 4.69) is 31.2 Å². The molecule has 0 saturated heterocycles. The van der Waals surface area contributed by atoms with Crippen LogP contribution in [0.4, 0.5) is 0 Å². The zero-order valence-corrected chi connectivity index (χ0v) is 10.9. The molecule has 1 heterocycles. The maximum atomic E-state index is 10.4. The van der Waals surface area contributed by atoms with Gasteiger partial charge in [0.15, 0.2) is 0 Å². The van der Waals surface area contributed by atoms with Gasteiger partial charge in [0, 0.05) is 22.3 Å². The third-order valence-corrected chi connectivity index (χ3v) is 3.62. The summed E-state index contributed by atoms with van der Waals surface area (Å²) >= 11 is 1.62. The SMILES string of the molecule is Cc1ccc(Cc2ccc(/C=C/[NH+]([O-])O)s2)cc1. The second kappa shape index (κ2) is 5.93. The molecule has 2 N–H and O–H groups in total. The largest absolute Gasteiger partial charge is 0.595 e. The summed E-state index contributed by atoms with van der Waals surface area (Å²) in [7, 11) is 0. The molecule has 0 saturated carbocycles. The highest BCUT2D eigenvalue weighted by molar-refractivity contribution is 7.12. The second-order valence-corrected chi connectivity index (χ2v) is 5.34. The van der Waals surface area contributed by atoms with Gasteiger partial charge in [-0.1, -0.05) is 29.8 Å². The van der Waals surface area contributed by atoms with E-state index in [9.17, 15) is 5.21 Å². The molecule has 0 aliphatic heterocycles. The van der Waals surface area contributed by atoms with Crippen LogP contribution in [0, 0.1) is 12.1 Å². The quantitative estimate of drug-likeness (QED) is 0.830. The van der Waals surface area contributed by atoms with E-state index in [-0.39, 0.29) is 0 Å². The fourth-order valence-electron chi connectivity index (χ4n) is 1.64. The molecule has 0 amide bonds. The number of hydrogen-bond acceptors (Lipinski definition) is 3. The Kier molecular flexibility index (Phi) is 4.28. The maximum Gasteiger partial charge on any atom is 0.128 e. The van der Waals surface area contributed by atoms with Crippen molar-refractivity contribution in [3.63, 3.8) is 0 Å². The fraction of sp³-hybridized carbons (Fsp3) is 0.143. The predicted octanol–water partition coefficient (Wildman–Crippen LogP) is 2.39. The number of rotatable bonds is 4. The average Bonchev–Trinajstić information content (AvgIpc) is 2.77. The van der Waals surface area contributed by atoms with Crippen molar-refractivity contribution >= 4 is 17.4 Å². The van der Waals surface area contributed by atoms with Gasteiger partial charge in [-0.05, 0) is 24.6 Å². The number of benzene rings is 1. The van der Waals surface area contributed by atoms with Crippen LogP contribution in [0.2, 0.25) is 0 Å². The van der Waals surface area contributed by atoms with Crippen LogP contribution in [0.15, 0.2) is 42.6 Å². The topological polar surface area (TPSA) is 47.7 Å². The van der Waals surface area contributed by atoms with Crippen LogP contribution in [0.1, 0.15) is 20.9 Å². The van der Waals surface area contributed by atoms with Gasteiger partial charge in [-0.25, -0.2) is 10.4 Å². The fourth-order valence-corrected chi connectivity index (χ4v) is 2.59. The minimum absolute atomic E-state index is 0.895. The van der Waals surface area contributed by atoms with Gasteiger partial charge >= 0.3 is 0 Å². The molecule has 0 aliphatic rings. The molecule has 1 aromatic heterocycles. The van der Waals surface area contributed by atoms with Crippen LogP contribution in [-0.4, -0.2) is 5.21 Å². The van der Waals surface area contributed by atoms with Crippen molar-refractivity contribution in [2.75, 3.05) is 0 Å². The first-order valence-corrected chi connectivity index (χ1v) is 6.50. The Morgan fingerprint density at radius 1 is 1.22 bits per heavy atom. The lowest BCUT2D eigenvalue weighted by molar-refractivity contribution is -1.00. The van der Waals surface area contributed by atoms with E-state index in [1.807, 2.05) is 12.1 Å². The van der Waals surface area contributed by atoms with Crippen LogP contribution in [0.3, 0.4) is 0 Å². The van der Waals surface area contributed by atoms with Gasteiger partial charge in [0.05, 0.1) is 0 Å². The molecule has 1 atom stereocenters. The van der Waals surface area contributed by atoms with Crippen LogP contribution < -0.4 is 5.23 Å². The van der Waals surface area contributed by atoms with E-state index in [0.29, 0.717) is 0 Å². The summed E-state index contributed by atoms with van der Waals surface area (Å²) in [5, 5.41) is 18.1. The normalized spacial score (nSPS) is 13.1. The molecule has 0 radical (unpaired) electrons. The van der Waals surface area contributed by atoms with E-state index in [0.717, 1.165) is 11.3 Å². The molecule has 0 fully saturated rings. The van der Waals surface area contributed by atoms with Gasteiger partial charge in [-0.3, -0.25) is 0 Å². The molecule has 2 aromatic rings. The molecule has 2 rings (SSSR count). The Labute approximate surface area is 110 Å². The molecule has 1 unspecified atom stereocenters. The first kappa shape index (κ1) is 13.0. The Hall–Kier alpha value is -1.46. The van der Waals surface area contributed by atoms with E-state index < -0.39 is 5.23 Å². The zero-order chi connectivity index (χ0) is 13.0. The van der Waals surface area contributed by atoms with Gasteiger partial charge in [0.2, 0.25) is 0 Å². The van der Waals surface area contributed by atoms with E-state index >= 15 is 0 Å². The van der Waals surface area contributed by atoms with Gasteiger partial charge in [0.25, 0.3) is 0 Å². The monoisotopic (exact) mass is 261 g/mol. The molecular formula is C14H15NO2S. The minimum atomic E-state index is -0.913. The molecule has 0 aliphatic carbocycles. The van der Waals surface area contributed by atoms with Crippen LogP contribution in [-0.2, 0) is 6.42 Å². The highest BCUT2D eigenvalue weighted by atomic mass is 32.1. The van der Waals surface area contributed by atoms with Crippen molar-refractivity contribution in [3.8, 4) is 0 Å². The van der Waals surface area contributed by atoms with Crippen molar-refractivity contribution in [1.29, 1.82) is 0 Å². The van der Waals surface area contributed by atoms with E-state index in [1.54, 1.807) is 17.4 Å². The number of hydrogen-bond donors (Lipinski definition) is 2. The lowest BCUT2D eigenvalue weighted by Gasteiger charge is -2.03. The van der Waals surface area contributed by atoms with Gasteiger partial charge in [0.1, 0.15) is 6.20 Å². The Morgan fingerprint density at radius 2 is 1.94 bits per heavy atom. The summed E-state index contributed by atoms with van der Waals surface area (Å²) in [6.07, 6.45) is 3.69. The molecule has 4 heteroatoms. The van der Waals surface area contributed by atoms with Gasteiger partial charge in [-0.2, -0.15) is 0 Å². The summed E-state index contributed by atoms with van der Waals surface area (Å²) < 4.78 is 0. The van der Waals surface area contributed by atoms with Crippen molar-refractivity contribution in [3.05, 3.63) is 68.7 Å². The third kappa shape index (κ3) is 3.78. The molecule has 18 heavy (non-hydrogen) atoms. The van der Waals surface area contributed by atoms with Gasteiger partial charge < -0.3 is 5.21 Å². The zero-order valence-electron chi connectivity index (χ0n) is 10.1. The van der Waals surface area contributed by atoms with Crippen molar-refractivity contribution in [2.24, 2.45) is 0 Å². The molecular weight excluding hydrogens is 246 g/mol. The summed E-state index contributed by atoms with van der Waals surface area (Å²) in [5.74, 6) is 0. The van der Waals surface area contributed by atoms with Crippen molar-refractivity contribution in [2.45, 2.75) is 13.3 Å². The standard InChI is InChI=1S/C14H15NO2S/c1-11-2-4-12(5-3-11)10-14-7-6-13(18-14)8-9-15(16)17/h2-9,15-16H,10H2,1H3/b9-8+. The number of nitrogens with one attached hydrogen (secondary N) is 1. The second-order valence-electron chi connectivity index (χ2n) is 4.14. The van der Waals surface area contributed by atoms with Crippen molar-refractivity contribution in [1.82, 2.24) is 0 Å². The summed E-state index contributed by atoms with van der Waals surface area (Å²) in [5.41, 5.74) is 2.53. The van der Waals surface area contributed by atoms with E-state index in [4.69, 9.17) is 5.21 Å². The first-order valence-electron chi connectivity index (χ1n) is 5.69. The third-order valence-electron chi connectivity index (χ3n) is 2.57. The lowest BCUT2D eigenvalue weighted by atomic mass is 10.1. The maximum absolute atomic E-state index is 10.4. The molecule has 3 nitrogen and oxygen atoms in total. The molecule has 0 spiro atoms. The first-order chi connectivity index (χ1) is 8.63. The Morgan fingerprint density at radius 3 is 2.61 bits per heavy atom. The number of aryl methyl sites for hydroxylation is 1. The number of hydroxylamine groups is 2. The summed E-state index contributed by atoms with van der Waals surface area (Å²) in [6.45, 7) is 2.07. The van der Waals surface area contributed by atoms with Crippen molar-refractivity contribution < 1.29 is 10.4 Å². The molecule has 94 valence electrons. The molecule has 1 aromatic carbocycles. The smallest absolute Gasteiger partial charge is 0.128 e. The Bertz CT molecular complexity index is 529. The van der Waals surface area contributed by atoms with E-state index in [1.165, 1.54) is 22.2 Å². The number of quaternary nitrogens is 1. The van der Waals surface area contributed by atoms with Crippen LogP contribution in [0.5, 0.6) is 0 Å². The lowest BCUT2D eigenvalue weighted by Crippen LogP contribution is -2.99. The van der Waals surface area contributed by atoms with Crippen LogP contribution in [0.25, 0.3) is 6.08 Å². The number of thiophene rings is 1. The summed E-state index contributed by atoms with van der Waals surface area (Å²) in [4.78, 5) is 2.21. The Balaban J connectivity index is 2.04. The highest BCUT2D eigenvalue weighted by Gasteiger charge is 2.00. The minimum Gasteiger partial charge on any atom is -0.595 e. The summed E-state index contributed by atoms with van der Waals surface area (Å²) in [6, 6.07) is 12.5. The molecule has 0 bridgehead atoms. The average molecular weight is 261 g/mol. The highest BCUT2D eigenvalue weighted by Crippen LogP contribution is 2.21. The predicted molar refractivity (Wildman–Crippen MR) is 73.5 cm³/mol. The van der Waals surface area contributed by atoms with Crippen LogP contribution >= 0.6 is 11.3 Å². The van der Waals surface area contributed by atoms with Gasteiger partial charge in [-0.15, -0.1) is 11.3 Å².